The van der Waals surface area contributed by atoms with Crippen LogP contribution in [0, 0.1) is 5.82 Å². The summed E-state index contributed by atoms with van der Waals surface area (Å²) in [6.07, 6.45) is 3.43. The van der Waals surface area contributed by atoms with Crippen LogP contribution in [0.25, 0.3) is 5.69 Å². The van der Waals surface area contributed by atoms with Gasteiger partial charge < -0.3 is 10.2 Å². The fourth-order valence-electron chi connectivity index (χ4n) is 3.70. The van der Waals surface area contributed by atoms with E-state index < -0.39 is 0 Å². The van der Waals surface area contributed by atoms with E-state index in [0.29, 0.717) is 53.4 Å². The highest BCUT2D eigenvalue weighted by molar-refractivity contribution is 7.98. The Morgan fingerprint density at radius 2 is 1.79 bits per heavy atom. The van der Waals surface area contributed by atoms with Gasteiger partial charge >= 0.3 is 0 Å². The van der Waals surface area contributed by atoms with Gasteiger partial charge in [-0.1, -0.05) is 35.5 Å². The van der Waals surface area contributed by atoms with Gasteiger partial charge in [0.25, 0.3) is 5.91 Å². The largest absolute Gasteiger partial charge is 0.335 e. The number of para-hydroxylation sites is 1. The van der Waals surface area contributed by atoms with E-state index in [4.69, 9.17) is 11.6 Å². The molecule has 1 aliphatic heterocycles. The molecule has 1 aromatic heterocycles. The second kappa shape index (κ2) is 10.4. The van der Waals surface area contributed by atoms with Crippen LogP contribution in [0.5, 0.6) is 0 Å². The maximum Gasteiger partial charge on any atom is 0.272 e. The van der Waals surface area contributed by atoms with Crippen LogP contribution in [-0.4, -0.2) is 70.1 Å². The maximum atomic E-state index is 13.4. The minimum absolute atomic E-state index is 0.146. The fraction of sp³-hybridized carbons (Fsp3) is 0.261. The Labute approximate surface area is 200 Å². The van der Waals surface area contributed by atoms with E-state index in [2.05, 4.69) is 10.3 Å². The molecule has 2 aromatic carbocycles. The molecule has 1 aliphatic rings. The molecule has 0 bridgehead atoms. The summed E-state index contributed by atoms with van der Waals surface area (Å²) in [5, 5.41) is 3.96. The molecule has 0 saturated carbocycles. The zero-order valence-electron chi connectivity index (χ0n) is 18.0. The van der Waals surface area contributed by atoms with Gasteiger partial charge in [0.05, 0.1) is 23.5 Å². The molecule has 0 aliphatic carbocycles. The highest BCUT2D eigenvalue weighted by Gasteiger charge is 2.27. The molecular weight excluding hydrogens is 465 g/mol. The lowest BCUT2D eigenvalue weighted by Gasteiger charge is -2.34. The number of carbonyl (C=O) groups excluding carboxylic acids is 2. The van der Waals surface area contributed by atoms with Crippen molar-refractivity contribution in [3.63, 3.8) is 0 Å². The van der Waals surface area contributed by atoms with Crippen LogP contribution in [0.1, 0.15) is 10.5 Å². The number of aromatic nitrogens is 2. The number of nitrogens with one attached hydrogen (secondary N) is 1. The number of benzene rings is 2. The number of amides is 2. The zero-order valence-corrected chi connectivity index (χ0v) is 19.6. The van der Waals surface area contributed by atoms with Crippen LogP contribution in [0.2, 0.25) is 5.02 Å². The van der Waals surface area contributed by atoms with Crippen LogP contribution >= 0.6 is 23.4 Å². The van der Waals surface area contributed by atoms with E-state index in [-0.39, 0.29) is 24.2 Å². The Hall–Kier alpha value is -2.88. The number of carbonyl (C=O) groups is 2. The molecule has 1 fully saturated rings. The third-order valence-electron chi connectivity index (χ3n) is 5.39. The van der Waals surface area contributed by atoms with E-state index in [1.165, 1.54) is 23.9 Å². The molecule has 1 N–H and O–H groups in total. The maximum absolute atomic E-state index is 13.4. The quantitative estimate of drug-likeness (QED) is 0.536. The molecular formula is C23H23ClFN5O2S. The van der Waals surface area contributed by atoms with E-state index >= 15 is 0 Å². The molecule has 10 heteroatoms. The summed E-state index contributed by atoms with van der Waals surface area (Å²) in [6, 6.07) is 13.1. The van der Waals surface area contributed by atoms with Crippen LogP contribution in [0.4, 0.5) is 10.1 Å². The van der Waals surface area contributed by atoms with Gasteiger partial charge in [-0.25, -0.2) is 9.37 Å². The summed E-state index contributed by atoms with van der Waals surface area (Å²) < 4.78 is 15.1. The van der Waals surface area contributed by atoms with Gasteiger partial charge in [-0.2, -0.15) is 0 Å². The average Bonchev–Trinajstić information content (AvgIpc) is 3.25. The van der Waals surface area contributed by atoms with Gasteiger partial charge in [-0.05, 0) is 42.7 Å². The molecule has 33 heavy (non-hydrogen) atoms. The predicted octanol–water partition coefficient (Wildman–Crippen LogP) is 3.78. The number of hydrogen-bond acceptors (Lipinski definition) is 5. The molecule has 0 unspecified atom stereocenters. The van der Waals surface area contributed by atoms with Gasteiger partial charge in [0.2, 0.25) is 5.91 Å². The third-order valence-corrected chi connectivity index (χ3v) is 6.37. The highest BCUT2D eigenvalue weighted by Crippen LogP contribution is 2.24. The molecule has 2 amide bonds. The average molecular weight is 488 g/mol. The van der Waals surface area contributed by atoms with Crippen molar-refractivity contribution in [2.75, 3.05) is 44.3 Å². The van der Waals surface area contributed by atoms with Crippen molar-refractivity contribution >= 4 is 40.9 Å². The summed E-state index contributed by atoms with van der Waals surface area (Å²) in [6.45, 7) is 2.34. The first-order chi connectivity index (χ1) is 16.0. The molecule has 0 radical (unpaired) electrons. The Morgan fingerprint density at radius 3 is 2.45 bits per heavy atom. The van der Waals surface area contributed by atoms with Crippen LogP contribution in [0.3, 0.4) is 0 Å². The first kappa shape index (κ1) is 23.3. The molecule has 7 nitrogen and oxygen atoms in total. The van der Waals surface area contributed by atoms with E-state index in [0.717, 1.165) is 0 Å². The molecule has 3 aromatic rings. The van der Waals surface area contributed by atoms with Crippen molar-refractivity contribution in [1.29, 1.82) is 0 Å². The van der Waals surface area contributed by atoms with Crippen molar-refractivity contribution in [3.8, 4) is 5.69 Å². The van der Waals surface area contributed by atoms with Crippen molar-refractivity contribution in [3.05, 3.63) is 71.3 Å². The van der Waals surface area contributed by atoms with E-state index in [1.807, 2.05) is 17.2 Å². The normalized spacial score (nSPS) is 14.3. The summed E-state index contributed by atoms with van der Waals surface area (Å²) in [7, 11) is 0. The number of hydrogen-bond donors (Lipinski definition) is 1. The first-order valence-electron chi connectivity index (χ1n) is 10.4. The summed E-state index contributed by atoms with van der Waals surface area (Å²) >= 11 is 7.51. The Morgan fingerprint density at radius 1 is 1.09 bits per heavy atom. The molecule has 2 heterocycles. The Kier molecular flexibility index (Phi) is 7.32. The van der Waals surface area contributed by atoms with Crippen LogP contribution < -0.4 is 5.32 Å². The number of halogens is 2. The summed E-state index contributed by atoms with van der Waals surface area (Å²) in [4.78, 5) is 33.8. The fourth-order valence-corrected chi connectivity index (χ4v) is 4.42. The highest BCUT2D eigenvalue weighted by atomic mass is 35.5. The van der Waals surface area contributed by atoms with Gasteiger partial charge in [-0.15, -0.1) is 0 Å². The number of thioether (sulfide) groups is 1. The van der Waals surface area contributed by atoms with E-state index in [1.54, 1.807) is 46.0 Å². The molecule has 172 valence electrons. The van der Waals surface area contributed by atoms with Crippen LogP contribution in [-0.2, 0) is 4.79 Å². The summed E-state index contributed by atoms with van der Waals surface area (Å²) in [5.74, 6) is -0.638. The smallest absolute Gasteiger partial charge is 0.272 e. The third kappa shape index (κ3) is 5.38. The second-order valence-electron chi connectivity index (χ2n) is 7.54. The van der Waals surface area contributed by atoms with Crippen molar-refractivity contribution in [2.45, 2.75) is 5.16 Å². The lowest BCUT2D eigenvalue weighted by atomic mass is 10.2. The van der Waals surface area contributed by atoms with Gasteiger partial charge in [-0.3, -0.25) is 19.1 Å². The number of rotatable bonds is 6. The number of anilines is 1. The number of imidazole rings is 1. The lowest BCUT2D eigenvalue weighted by Crippen LogP contribution is -2.50. The Bertz CT molecular complexity index is 1150. The van der Waals surface area contributed by atoms with Gasteiger partial charge in [0, 0.05) is 31.9 Å². The monoisotopic (exact) mass is 487 g/mol. The zero-order chi connectivity index (χ0) is 23.4. The molecule has 1 saturated heterocycles. The van der Waals surface area contributed by atoms with Crippen molar-refractivity contribution in [2.24, 2.45) is 0 Å². The second-order valence-corrected chi connectivity index (χ2v) is 8.72. The molecule has 4 rings (SSSR count). The lowest BCUT2D eigenvalue weighted by molar-refractivity contribution is -0.117. The van der Waals surface area contributed by atoms with E-state index in [9.17, 15) is 14.0 Å². The molecule has 0 atom stereocenters. The standard InChI is InChI=1S/C23H23ClFN5O2S/c1-33-23-26-14-20(30(23)17-8-6-16(25)7-9-17)22(32)29-12-10-28(11-13-29)15-21(31)27-19-5-3-2-4-18(19)24/h2-9,14H,10-13,15H2,1H3,(H,27,31). The SMILES string of the molecule is CSc1ncc(C(=O)N2CCN(CC(=O)Nc3ccccc3Cl)CC2)n1-c1ccc(F)cc1. The predicted molar refractivity (Wildman–Crippen MR) is 128 cm³/mol. The van der Waals surface area contributed by atoms with Gasteiger partial charge in [0.15, 0.2) is 5.16 Å². The first-order valence-corrected chi connectivity index (χ1v) is 12.0. The minimum atomic E-state index is -0.341. The number of piperazine rings is 1. The Balaban J connectivity index is 1.39. The topological polar surface area (TPSA) is 70.5 Å². The minimum Gasteiger partial charge on any atom is -0.335 e. The van der Waals surface area contributed by atoms with Crippen LogP contribution in [0.15, 0.2) is 59.9 Å². The van der Waals surface area contributed by atoms with Crippen molar-refractivity contribution in [1.82, 2.24) is 19.4 Å². The molecule has 0 spiro atoms. The van der Waals surface area contributed by atoms with Crippen molar-refractivity contribution < 1.29 is 14.0 Å². The summed E-state index contributed by atoms with van der Waals surface area (Å²) in [5.41, 5.74) is 1.68. The van der Waals surface area contributed by atoms with Gasteiger partial charge in [0.1, 0.15) is 11.5 Å². The number of nitrogens with zero attached hydrogens (tertiary/aromatic N) is 4.